The Labute approximate surface area is 234 Å². The number of piperazine rings is 1. The smallest absolute Gasteiger partial charge is 0.336 e. The Morgan fingerprint density at radius 2 is 1.85 bits per heavy atom. The molecule has 11 nitrogen and oxygen atoms in total. The summed E-state index contributed by atoms with van der Waals surface area (Å²) in [7, 11) is 0. The van der Waals surface area contributed by atoms with Crippen LogP contribution in [0.15, 0.2) is 48.8 Å². The van der Waals surface area contributed by atoms with Crippen LogP contribution < -0.4 is 21.1 Å². The molecule has 0 spiro atoms. The number of ether oxygens (including phenoxy) is 1. The van der Waals surface area contributed by atoms with E-state index in [1.807, 2.05) is 41.4 Å². The number of hydrogen-bond donors (Lipinski definition) is 2. The lowest BCUT2D eigenvalue weighted by Gasteiger charge is -2.37. The van der Waals surface area contributed by atoms with Gasteiger partial charge in [-0.15, -0.1) is 5.10 Å². The highest BCUT2D eigenvalue weighted by atomic mass is 16.5. The van der Waals surface area contributed by atoms with Crippen LogP contribution in [0.25, 0.3) is 5.65 Å². The highest BCUT2D eigenvalue weighted by molar-refractivity contribution is 5.82. The zero-order valence-electron chi connectivity index (χ0n) is 23.2. The molecule has 0 aliphatic carbocycles. The average Bonchev–Trinajstić information content (AvgIpc) is 3.36. The summed E-state index contributed by atoms with van der Waals surface area (Å²) < 4.78 is 7.37. The number of pyridine rings is 1. The van der Waals surface area contributed by atoms with Gasteiger partial charge in [0.15, 0.2) is 11.5 Å². The van der Waals surface area contributed by atoms with E-state index in [0.29, 0.717) is 51.3 Å². The topological polar surface area (TPSA) is 141 Å². The van der Waals surface area contributed by atoms with E-state index in [0.717, 1.165) is 41.0 Å². The molecule has 3 aromatic heterocycles. The maximum Gasteiger partial charge on any atom is 0.336 e. The first kappa shape index (κ1) is 27.3. The Hall–Kier alpha value is -4.25. The van der Waals surface area contributed by atoms with Crippen LogP contribution in [0, 0.1) is 6.92 Å². The summed E-state index contributed by atoms with van der Waals surface area (Å²) in [4.78, 5) is 30.5. The van der Waals surface area contributed by atoms with Crippen molar-refractivity contribution >= 4 is 23.2 Å². The van der Waals surface area contributed by atoms with Gasteiger partial charge in [0.2, 0.25) is 5.91 Å². The van der Waals surface area contributed by atoms with Gasteiger partial charge in [0, 0.05) is 38.8 Å². The SMILES string of the molecule is CCCCOc1nc(N)c2ncc(Cc3cnc(N4CCN(C(=O)[C@@H](N)Cc5ccccc5)CC4)c(C)c3)n2n1. The van der Waals surface area contributed by atoms with Gasteiger partial charge in [-0.05, 0) is 36.5 Å². The van der Waals surface area contributed by atoms with E-state index >= 15 is 0 Å². The van der Waals surface area contributed by atoms with Crippen molar-refractivity contribution in [1.29, 1.82) is 0 Å². The van der Waals surface area contributed by atoms with E-state index in [1.165, 1.54) is 0 Å². The molecule has 0 radical (unpaired) electrons. The number of hydrogen-bond acceptors (Lipinski definition) is 9. The lowest BCUT2D eigenvalue weighted by molar-refractivity contribution is -0.132. The van der Waals surface area contributed by atoms with Crippen molar-refractivity contribution in [3.63, 3.8) is 0 Å². The minimum Gasteiger partial charge on any atom is -0.462 e. The second-order valence-corrected chi connectivity index (χ2v) is 10.2. The van der Waals surface area contributed by atoms with Gasteiger partial charge in [-0.2, -0.15) is 4.98 Å². The van der Waals surface area contributed by atoms with Crippen LogP contribution in [0.1, 0.15) is 42.1 Å². The molecule has 210 valence electrons. The van der Waals surface area contributed by atoms with Crippen LogP contribution in [0.3, 0.4) is 0 Å². The van der Waals surface area contributed by atoms with E-state index in [4.69, 9.17) is 21.2 Å². The van der Waals surface area contributed by atoms with Crippen molar-refractivity contribution in [3.8, 4) is 6.01 Å². The summed E-state index contributed by atoms with van der Waals surface area (Å²) in [6.07, 6.45) is 6.72. The maximum absolute atomic E-state index is 12.9. The molecule has 0 bridgehead atoms. The average molecular weight is 544 g/mol. The van der Waals surface area contributed by atoms with Crippen LogP contribution in [-0.2, 0) is 17.6 Å². The number of benzene rings is 1. The number of unbranched alkanes of at least 4 members (excludes halogenated alkanes) is 1. The molecule has 40 heavy (non-hydrogen) atoms. The van der Waals surface area contributed by atoms with Crippen molar-refractivity contribution < 1.29 is 9.53 Å². The molecule has 1 fully saturated rings. The second-order valence-electron chi connectivity index (χ2n) is 10.2. The van der Waals surface area contributed by atoms with Crippen LogP contribution in [0.2, 0.25) is 0 Å². The molecule has 1 amide bonds. The van der Waals surface area contributed by atoms with Gasteiger partial charge >= 0.3 is 6.01 Å². The summed E-state index contributed by atoms with van der Waals surface area (Å²) in [6, 6.07) is 11.8. The van der Waals surface area contributed by atoms with E-state index < -0.39 is 6.04 Å². The van der Waals surface area contributed by atoms with Crippen molar-refractivity contribution in [2.45, 2.75) is 45.6 Å². The van der Waals surface area contributed by atoms with E-state index in [2.05, 4.69) is 39.9 Å². The number of carbonyl (C=O) groups is 1. The van der Waals surface area contributed by atoms with Crippen LogP contribution in [0.4, 0.5) is 11.6 Å². The molecule has 1 aliphatic heterocycles. The molecule has 1 aliphatic rings. The first-order valence-electron chi connectivity index (χ1n) is 13.8. The monoisotopic (exact) mass is 543 g/mol. The molecule has 1 aromatic carbocycles. The Balaban J connectivity index is 1.21. The third-order valence-corrected chi connectivity index (χ3v) is 7.17. The van der Waals surface area contributed by atoms with Crippen molar-refractivity contribution in [2.24, 2.45) is 5.73 Å². The predicted octanol–water partition coefficient (Wildman–Crippen LogP) is 2.40. The maximum atomic E-state index is 12.9. The van der Waals surface area contributed by atoms with Gasteiger partial charge in [0.1, 0.15) is 5.82 Å². The van der Waals surface area contributed by atoms with E-state index in [-0.39, 0.29) is 17.7 Å². The van der Waals surface area contributed by atoms with Gasteiger partial charge < -0.3 is 26.0 Å². The number of amides is 1. The largest absolute Gasteiger partial charge is 0.462 e. The fraction of sp³-hybridized carbons (Fsp3) is 0.414. The highest BCUT2D eigenvalue weighted by Crippen LogP contribution is 2.22. The van der Waals surface area contributed by atoms with Crippen molar-refractivity contribution in [3.05, 3.63) is 71.2 Å². The zero-order valence-corrected chi connectivity index (χ0v) is 23.2. The number of fused-ring (bicyclic) bond motifs is 1. The highest BCUT2D eigenvalue weighted by Gasteiger charge is 2.26. The molecular weight excluding hydrogens is 506 g/mol. The Morgan fingerprint density at radius 1 is 1.07 bits per heavy atom. The minimum atomic E-state index is -0.535. The number of carbonyl (C=O) groups excluding carboxylic acids is 1. The standard InChI is InChI=1S/C29H37N9O2/c1-3-4-14-40-29-34-25(31)27-33-19-23(38(27)35-29)16-22-15-20(2)26(32-18-22)36-10-12-37(13-11-36)28(39)24(30)17-21-8-6-5-7-9-21/h5-9,15,18-19,24H,3-4,10-14,16-17,30H2,1-2H3,(H2,31,34,35)/t24-/m0/s1. The zero-order chi connectivity index (χ0) is 28.1. The van der Waals surface area contributed by atoms with E-state index in [9.17, 15) is 4.79 Å². The Morgan fingerprint density at radius 3 is 2.58 bits per heavy atom. The fourth-order valence-corrected chi connectivity index (χ4v) is 5.01. The summed E-state index contributed by atoms with van der Waals surface area (Å²) in [5, 5.41) is 4.51. The molecule has 4 N–H and O–H groups in total. The van der Waals surface area contributed by atoms with Crippen LogP contribution in [0.5, 0.6) is 6.01 Å². The van der Waals surface area contributed by atoms with Crippen LogP contribution >= 0.6 is 0 Å². The molecule has 4 aromatic rings. The molecule has 1 saturated heterocycles. The number of nitrogen functional groups attached to an aromatic ring is 1. The Bertz CT molecular complexity index is 1450. The number of rotatable bonds is 10. The number of nitrogens with two attached hydrogens (primary N) is 2. The van der Waals surface area contributed by atoms with Gasteiger partial charge in [-0.3, -0.25) is 4.79 Å². The molecule has 1 atom stereocenters. The molecule has 0 unspecified atom stereocenters. The van der Waals surface area contributed by atoms with Crippen molar-refractivity contribution in [2.75, 3.05) is 43.4 Å². The Kier molecular flexibility index (Phi) is 8.40. The summed E-state index contributed by atoms with van der Waals surface area (Å²) in [5.74, 6) is 1.22. The second kappa shape index (κ2) is 12.3. The molecule has 4 heterocycles. The summed E-state index contributed by atoms with van der Waals surface area (Å²) >= 11 is 0. The van der Waals surface area contributed by atoms with Gasteiger partial charge in [-0.25, -0.2) is 14.5 Å². The third kappa shape index (κ3) is 6.15. The number of aromatic nitrogens is 5. The predicted molar refractivity (Wildman–Crippen MR) is 154 cm³/mol. The van der Waals surface area contributed by atoms with Crippen molar-refractivity contribution in [1.82, 2.24) is 29.5 Å². The first-order chi connectivity index (χ1) is 19.4. The quantitative estimate of drug-likeness (QED) is 0.288. The molecule has 0 saturated carbocycles. The lowest BCUT2D eigenvalue weighted by atomic mass is 10.1. The number of imidazole rings is 1. The molecule has 5 rings (SSSR count). The van der Waals surface area contributed by atoms with E-state index in [1.54, 1.807) is 10.7 Å². The number of anilines is 2. The summed E-state index contributed by atoms with van der Waals surface area (Å²) in [5.41, 5.74) is 16.9. The lowest BCUT2D eigenvalue weighted by Crippen LogP contribution is -2.54. The number of aryl methyl sites for hydroxylation is 1. The molecular formula is C29H37N9O2. The van der Waals surface area contributed by atoms with Gasteiger partial charge in [0.25, 0.3) is 0 Å². The molecule has 11 heteroatoms. The summed E-state index contributed by atoms with van der Waals surface area (Å²) in [6.45, 7) is 7.36. The minimum absolute atomic E-state index is 0.0000619. The first-order valence-corrected chi connectivity index (χ1v) is 13.8. The van der Waals surface area contributed by atoms with Gasteiger partial charge in [0.05, 0.1) is 24.5 Å². The normalized spacial score (nSPS) is 14.5. The number of nitrogens with zero attached hydrogens (tertiary/aromatic N) is 7. The van der Waals surface area contributed by atoms with Gasteiger partial charge in [-0.1, -0.05) is 49.7 Å². The third-order valence-electron chi connectivity index (χ3n) is 7.17. The fourth-order valence-electron chi connectivity index (χ4n) is 5.01. The van der Waals surface area contributed by atoms with Crippen LogP contribution in [-0.4, -0.2) is 74.2 Å².